The summed E-state index contributed by atoms with van der Waals surface area (Å²) in [6, 6.07) is 16.7. The van der Waals surface area contributed by atoms with E-state index in [2.05, 4.69) is 88.1 Å². The third kappa shape index (κ3) is 11.1. The number of hydrogen-bond acceptors (Lipinski definition) is 9. The molecule has 15 heteroatoms. The minimum Gasteiger partial charge on any atom is -0.481 e. The highest BCUT2D eigenvalue weighted by atomic mass is 79.9. The molecule has 0 bridgehead atoms. The Balaban J connectivity index is 0.000000151. The summed E-state index contributed by atoms with van der Waals surface area (Å²) in [6.07, 6.45) is 7.68. The predicted octanol–water partition coefficient (Wildman–Crippen LogP) is 6.64. The van der Waals surface area contributed by atoms with Gasteiger partial charge in [-0.15, -0.1) is 23.5 Å². The molecule has 6 heterocycles. The lowest BCUT2D eigenvalue weighted by molar-refractivity contribution is -0.134. The number of carbonyl (C=O) groups excluding carboxylic acids is 3. The number of rotatable bonds is 6. The van der Waals surface area contributed by atoms with Gasteiger partial charge < -0.3 is 26.0 Å². The third-order valence-electron chi connectivity index (χ3n) is 8.95. The molecule has 0 saturated carbocycles. The van der Waals surface area contributed by atoms with Crippen molar-refractivity contribution in [1.82, 2.24) is 20.2 Å². The van der Waals surface area contributed by atoms with Crippen LogP contribution in [0.1, 0.15) is 46.2 Å². The summed E-state index contributed by atoms with van der Waals surface area (Å²) >= 11 is 9.70. The Morgan fingerprint density at radius 2 is 1.26 bits per heavy atom. The minimum absolute atomic E-state index is 0.0120. The molecule has 0 saturated heterocycles. The summed E-state index contributed by atoms with van der Waals surface area (Å²) in [5, 5.41) is 17.4. The molecule has 0 aliphatic carbocycles. The van der Waals surface area contributed by atoms with Crippen molar-refractivity contribution in [1.29, 1.82) is 0 Å². The molecule has 4 N–H and O–H groups in total. The van der Waals surface area contributed by atoms with E-state index in [1.54, 1.807) is 12.4 Å². The Bertz CT molecular complexity index is 2030. The van der Waals surface area contributed by atoms with Gasteiger partial charge in [0, 0.05) is 63.6 Å². The van der Waals surface area contributed by atoms with E-state index in [1.807, 2.05) is 23.1 Å². The standard InChI is InChI=1S/C19H18BrN3O2S.C10H10N2O3S.C9H10BrN/c20-15-3-1-14-10-23(6-5-12(14)7-15)18(25)11-26-16-8-13-2-4-17(24)22-19(13)21-9-16;13-8-2-1-6-3-7(16-5-9(14)15)4-11-10(6)12-8;10-9-2-1-8-6-11-4-3-7(8)5-9/h1,3,7-9H,2,4-6,10-11H2,(H,21,22,24);3-4H,1-2,5H2,(H,14,15)(H,11,12,13);1-2,5,11H,3-4,6H2. The van der Waals surface area contributed by atoms with Crippen LogP contribution in [0.25, 0.3) is 0 Å². The van der Waals surface area contributed by atoms with Crippen LogP contribution in [0.15, 0.2) is 79.7 Å². The van der Waals surface area contributed by atoms with Crippen molar-refractivity contribution in [2.75, 3.05) is 35.2 Å². The van der Waals surface area contributed by atoms with Gasteiger partial charge in [-0.3, -0.25) is 19.2 Å². The van der Waals surface area contributed by atoms with E-state index in [0.717, 1.165) is 57.9 Å². The van der Waals surface area contributed by atoms with Crippen molar-refractivity contribution >= 4 is 90.7 Å². The summed E-state index contributed by atoms with van der Waals surface area (Å²) in [4.78, 5) is 57.6. The third-order valence-corrected chi connectivity index (χ3v) is 11.8. The molecule has 4 aliphatic heterocycles. The molecule has 3 amide bonds. The lowest BCUT2D eigenvalue weighted by atomic mass is 10.00. The molecule has 0 atom stereocenters. The number of aromatic nitrogens is 2. The molecule has 4 aromatic rings. The van der Waals surface area contributed by atoms with Crippen molar-refractivity contribution in [3.8, 4) is 0 Å². The van der Waals surface area contributed by atoms with Crippen LogP contribution < -0.4 is 16.0 Å². The molecule has 0 fully saturated rings. The maximum absolute atomic E-state index is 12.6. The zero-order valence-electron chi connectivity index (χ0n) is 28.8. The monoisotopic (exact) mass is 880 g/mol. The van der Waals surface area contributed by atoms with Crippen LogP contribution in [0.4, 0.5) is 11.6 Å². The van der Waals surface area contributed by atoms with Gasteiger partial charge in [0.05, 0.1) is 11.5 Å². The number of aryl methyl sites for hydroxylation is 2. The van der Waals surface area contributed by atoms with Gasteiger partial charge in [0.25, 0.3) is 0 Å². The number of benzene rings is 2. The number of amides is 3. The SMILES string of the molecule is Brc1ccc2c(c1)CCNC2.O=C(O)CSc1cnc2c(c1)CCC(=O)N2.O=C1CCc2cc(SCC(=O)N3CCc4cc(Br)ccc4C3)cnc2N1. The van der Waals surface area contributed by atoms with Gasteiger partial charge >= 0.3 is 5.97 Å². The first-order chi connectivity index (χ1) is 25.6. The molecule has 2 aromatic carbocycles. The first kappa shape index (κ1) is 38.9. The first-order valence-corrected chi connectivity index (χ1v) is 20.7. The lowest BCUT2D eigenvalue weighted by Crippen LogP contribution is -2.37. The van der Waals surface area contributed by atoms with Crippen LogP contribution >= 0.6 is 55.4 Å². The minimum atomic E-state index is -0.851. The Labute approximate surface area is 333 Å². The molecule has 8 rings (SSSR count). The van der Waals surface area contributed by atoms with Gasteiger partial charge in [-0.2, -0.15) is 0 Å². The van der Waals surface area contributed by atoms with E-state index >= 15 is 0 Å². The number of carboxylic acid groups (broad SMARTS) is 1. The van der Waals surface area contributed by atoms with Crippen LogP contribution in [-0.2, 0) is 58.0 Å². The maximum Gasteiger partial charge on any atom is 0.313 e. The first-order valence-electron chi connectivity index (χ1n) is 17.2. The molecular formula is C38H38Br2N6O5S2. The molecule has 0 unspecified atom stereocenters. The van der Waals surface area contributed by atoms with Crippen LogP contribution in [-0.4, -0.2) is 68.3 Å². The zero-order valence-corrected chi connectivity index (χ0v) is 33.6. The highest BCUT2D eigenvalue weighted by molar-refractivity contribution is 9.10. The summed E-state index contributed by atoms with van der Waals surface area (Å²) in [7, 11) is 0. The summed E-state index contributed by atoms with van der Waals surface area (Å²) in [5.41, 5.74) is 7.48. The normalized spacial score (nSPS) is 15.4. The topological polar surface area (TPSA) is 154 Å². The average Bonchev–Trinajstić information content (AvgIpc) is 3.16. The van der Waals surface area contributed by atoms with Gasteiger partial charge in [-0.05, 0) is 102 Å². The van der Waals surface area contributed by atoms with Crippen molar-refractivity contribution in [3.63, 3.8) is 0 Å². The fourth-order valence-electron chi connectivity index (χ4n) is 6.19. The highest BCUT2D eigenvalue weighted by Crippen LogP contribution is 2.29. The Morgan fingerprint density at radius 1 is 0.698 bits per heavy atom. The predicted molar refractivity (Wildman–Crippen MR) is 214 cm³/mol. The number of nitrogens with zero attached hydrogens (tertiary/aromatic N) is 3. The lowest BCUT2D eigenvalue weighted by Gasteiger charge is -2.29. The Morgan fingerprint density at radius 3 is 1.87 bits per heavy atom. The van der Waals surface area contributed by atoms with Crippen molar-refractivity contribution < 1.29 is 24.3 Å². The molecule has 4 aliphatic rings. The Hall–Kier alpha value is -3.76. The maximum atomic E-state index is 12.6. The van der Waals surface area contributed by atoms with Crippen LogP contribution in [0.5, 0.6) is 0 Å². The number of thioether (sulfide) groups is 2. The molecule has 276 valence electrons. The summed E-state index contributed by atoms with van der Waals surface area (Å²) < 4.78 is 2.28. The second-order valence-corrected chi connectivity index (χ2v) is 16.7. The van der Waals surface area contributed by atoms with E-state index in [0.29, 0.717) is 49.6 Å². The number of anilines is 2. The zero-order chi connectivity index (χ0) is 37.3. The number of carboxylic acids is 1. The molecule has 0 radical (unpaired) electrons. The smallest absolute Gasteiger partial charge is 0.313 e. The van der Waals surface area contributed by atoms with Gasteiger partial charge in [0.2, 0.25) is 17.7 Å². The largest absolute Gasteiger partial charge is 0.481 e. The average molecular weight is 883 g/mol. The number of halogens is 2. The van der Waals surface area contributed by atoms with Gasteiger partial charge in [0.1, 0.15) is 11.6 Å². The number of nitrogens with one attached hydrogen (secondary N) is 3. The second-order valence-electron chi connectivity index (χ2n) is 12.7. The Kier molecular flexibility index (Phi) is 13.6. The van der Waals surface area contributed by atoms with E-state index < -0.39 is 5.97 Å². The van der Waals surface area contributed by atoms with Gasteiger partial charge in [-0.25, -0.2) is 9.97 Å². The van der Waals surface area contributed by atoms with Gasteiger partial charge in [-0.1, -0.05) is 44.0 Å². The summed E-state index contributed by atoms with van der Waals surface area (Å²) in [6.45, 7) is 3.58. The van der Waals surface area contributed by atoms with Gasteiger partial charge in [0.15, 0.2) is 0 Å². The fraction of sp³-hybridized carbons (Fsp3) is 0.316. The number of fused-ring (bicyclic) bond motifs is 4. The van der Waals surface area contributed by atoms with Crippen molar-refractivity contribution in [2.24, 2.45) is 0 Å². The molecule has 53 heavy (non-hydrogen) atoms. The summed E-state index contributed by atoms with van der Waals surface area (Å²) in [5.74, 6) is 0.951. The van der Waals surface area contributed by atoms with Crippen LogP contribution in [0, 0.1) is 0 Å². The van der Waals surface area contributed by atoms with Crippen LogP contribution in [0.3, 0.4) is 0 Å². The number of pyridine rings is 2. The van der Waals surface area contributed by atoms with E-state index in [4.69, 9.17) is 5.11 Å². The number of aliphatic carboxylic acids is 1. The second kappa shape index (κ2) is 18.5. The number of hydrogen-bond donors (Lipinski definition) is 4. The van der Waals surface area contributed by atoms with E-state index in [9.17, 15) is 19.2 Å². The molecule has 11 nitrogen and oxygen atoms in total. The quantitative estimate of drug-likeness (QED) is 0.155. The molecular weight excluding hydrogens is 844 g/mol. The van der Waals surface area contributed by atoms with E-state index in [1.165, 1.54) is 50.3 Å². The van der Waals surface area contributed by atoms with Crippen molar-refractivity contribution in [2.45, 2.75) is 61.4 Å². The van der Waals surface area contributed by atoms with Crippen molar-refractivity contribution in [3.05, 3.63) is 103 Å². The fourth-order valence-corrected chi connectivity index (χ4v) is 8.47. The van der Waals surface area contributed by atoms with Crippen LogP contribution in [0.2, 0.25) is 0 Å². The highest BCUT2D eigenvalue weighted by Gasteiger charge is 2.22. The molecule has 0 spiro atoms. The van der Waals surface area contributed by atoms with E-state index in [-0.39, 0.29) is 23.5 Å². The number of carbonyl (C=O) groups is 4. The molecule has 2 aromatic heterocycles.